The third-order valence-corrected chi connectivity index (χ3v) is 8.78. The average molecular weight is 568 g/mol. The minimum absolute atomic E-state index is 0. The number of alkyl halides is 5. The quantitative estimate of drug-likeness (QED) is 0.282. The Kier molecular flexibility index (Phi) is 9.92. The Labute approximate surface area is 210 Å². The number of amides is 1. The van der Waals surface area contributed by atoms with Gasteiger partial charge < -0.3 is 14.4 Å². The van der Waals surface area contributed by atoms with Crippen molar-refractivity contribution in [2.45, 2.75) is 36.3 Å². The third kappa shape index (κ3) is 6.19. The molecule has 0 aromatic heterocycles. The fourth-order valence-electron chi connectivity index (χ4n) is 4.02. The molecule has 2 aliphatic heterocycles. The summed E-state index contributed by atoms with van der Waals surface area (Å²) in [4.78, 5) is 14.2. The molecule has 1 aromatic rings. The van der Waals surface area contributed by atoms with E-state index in [0.29, 0.717) is 24.3 Å². The van der Waals surface area contributed by atoms with Crippen molar-refractivity contribution in [2.24, 2.45) is 0 Å². The van der Waals surface area contributed by atoms with Crippen LogP contribution in [0.5, 0.6) is 0 Å². The molecule has 2 saturated heterocycles. The standard InChI is InChI=1S/C20H26F5N3O6S.ClH/c21-19(22,20(23,24)25)14-34-13-15-1-3-16(4-2-15)27-7-9-28(10-8-27)35(31,32)18(17(29)26-30)5-11-33-12-6-18;/h1-4,30H,5-14H2,(H,26,29);1H. The molecule has 0 aliphatic carbocycles. The zero-order chi connectivity index (χ0) is 25.9. The largest absolute Gasteiger partial charge is 0.455 e. The molecule has 3 rings (SSSR count). The van der Waals surface area contributed by atoms with Gasteiger partial charge in [0, 0.05) is 57.9 Å². The molecule has 2 aliphatic rings. The topological polar surface area (TPSA) is 108 Å². The second kappa shape index (κ2) is 11.7. The minimum atomic E-state index is -5.68. The summed E-state index contributed by atoms with van der Waals surface area (Å²) in [5.41, 5.74) is 2.56. The average Bonchev–Trinajstić information content (AvgIpc) is 2.83. The Hall–Kier alpha value is -1.78. The van der Waals surface area contributed by atoms with Gasteiger partial charge in [-0.25, -0.2) is 13.9 Å². The number of carbonyl (C=O) groups is 1. The second-order valence-corrected chi connectivity index (χ2v) is 10.5. The first kappa shape index (κ1) is 30.4. The van der Waals surface area contributed by atoms with Crippen LogP contribution < -0.4 is 10.4 Å². The van der Waals surface area contributed by atoms with Gasteiger partial charge in [0.15, 0.2) is 4.75 Å². The van der Waals surface area contributed by atoms with Gasteiger partial charge >= 0.3 is 12.1 Å². The summed E-state index contributed by atoms with van der Waals surface area (Å²) < 4.78 is 98.2. The molecule has 0 atom stereocenters. The first-order valence-electron chi connectivity index (χ1n) is 10.7. The van der Waals surface area contributed by atoms with Crippen LogP contribution in [0.1, 0.15) is 18.4 Å². The number of anilines is 1. The van der Waals surface area contributed by atoms with E-state index in [2.05, 4.69) is 4.74 Å². The maximum absolute atomic E-state index is 13.3. The molecule has 2 N–H and O–H groups in total. The van der Waals surface area contributed by atoms with Crippen LogP contribution in [-0.2, 0) is 30.9 Å². The van der Waals surface area contributed by atoms with E-state index in [9.17, 15) is 35.2 Å². The van der Waals surface area contributed by atoms with Crippen molar-refractivity contribution in [1.82, 2.24) is 9.79 Å². The summed E-state index contributed by atoms with van der Waals surface area (Å²) in [5.74, 6) is -5.93. The molecule has 0 radical (unpaired) electrons. The van der Waals surface area contributed by atoms with Crippen LogP contribution in [0.4, 0.5) is 27.6 Å². The number of nitrogens with zero attached hydrogens (tertiary/aromatic N) is 2. The lowest BCUT2D eigenvalue weighted by Crippen LogP contribution is -2.62. The molecule has 36 heavy (non-hydrogen) atoms. The molecule has 0 spiro atoms. The highest BCUT2D eigenvalue weighted by Gasteiger charge is 2.57. The van der Waals surface area contributed by atoms with Crippen LogP contribution in [0.25, 0.3) is 0 Å². The van der Waals surface area contributed by atoms with E-state index < -0.39 is 46.0 Å². The van der Waals surface area contributed by atoms with E-state index in [1.54, 1.807) is 12.1 Å². The van der Waals surface area contributed by atoms with Crippen LogP contribution in [-0.4, -0.2) is 86.7 Å². The highest BCUT2D eigenvalue weighted by molar-refractivity contribution is 7.91. The van der Waals surface area contributed by atoms with Gasteiger partial charge in [-0.2, -0.15) is 26.3 Å². The number of piperazine rings is 1. The van der Waals surface area contributed by atoms with E-state index in [4.69, 9.17) is 9.94 Å². The first-order chi connectivity index (χ1) is 16.3. The number of hydroxylamine groups is 1. The number of hydrogen-bond donors (Lipinski definition) is 2. The van der Waals surface area contributed by atoms with E-state index in [1.807, 2.05) is 4.90 Å². The fourth-order valence-corrected chi connectivity index (χ4v) is 6.12. The highest BCUT2D eigenvalue weighted by atomic mass is 35.5. The number of hydrogen-bond acceptors (Lipinski definition) is 7. The van der Waals surface area contributed by atoms with Gasteiger partial charge in [0.25, 0.3) is 5.91 Å². The van der Waals surface area contributed by atoms with Gasteiger partial charge in [-0.3, -0.25) is 10.0 Å². The van der Waals surface area contributed by atoms with Crippen LogP contribution in [0.15, 0.2) is 24.3 Å². The van der Waals surface area contributed by atoms with Crippen LogP contribution in [0.3, 0.4) is 0 Å². The van der Waals surface area contributed by atoms with Crippen molar-refractivity contribution in [3.63, 3.8) is 0 Å². The van der Waals surface area contributed by atoms with Crippen LogP contribution >= 0.6 is 12.4 Å². The molecule has 2 heterocycles. The predicted molar refractivity (Wildman–Crippen MR) is 120 cm³/mol. The minimum Gasteiger partial charge on any atom is -0.381 e. The van der Waals surface area contributed by atoms with Gasteiger partial charge in [-0.1, -0.05) is 12.1 Å². The molecule has 1 aromatic carbocycles. The molecule has 206 valence electrons. The van der Waals surface area contributed by atoms with Gasteiger partial charge in [0.05, 0.1) is 6.61 Å². The zero-order valence-electron chi connectivity index (χ0n) is 19.0. The number of ether oxygens (including phenoxy) is 2. The fraction of sp³-hybridized carbons (Fsp3) is 0.650. The molecular weight excluding hydrogens is 541 g/mol. The summed E-state index contributed by atoms with van der Waals surface area (Å²) in [7, 11) is -4.11. The molecule has 2 fully saturated rings. The normalized spacial score (nSPS) is 19.4. The van der Waals surface area contributed by atoms with Crippen LogP contribution in [0, 0.1) is 0 Å². The maximum Gasteiger partial charge on any atom is 0.455 e. The van der Waals surface area contributed by atoms with Gasteiger partial charge in [-0.15, -0.1) is 12.4 Å². The molecule has 0 unspecified atom stereocenters. The van der Waals surface area contributed by atoms with E-state index in [1.165, 1.54) is 21.9 Å². The number of nitrogens with one attached hydrogen (secondary N) is 1. The summed E-state index contributed by atoms with van der Waals surface area (Å²) >= 11 is 0. The number of carbonyl (C=O) groups excluding carboxylic acids is 1. The summed E-state index contributed by atoms with van der Waals surface area (Å²) in [6, 6.07) is 6.30. The lowest BCUT2D eigenvalue weighted by Gasteiger charge is -2.42. The SMILES string of the molecule is Cl.O=C(NO)C1(S(=O)(=O)N2CCN(c3ccc(COCC(F)(F)C(F)(F)F)cc3)CC2)CCOCC1. The van der Waals surface area contributed by atoms with Crippen molar-refractivity contribution in [2.75, 3.05) is 50.9 Å². The Morgan fingerprint density at radius 1 is 1.06 bits per heavy atom. The number of benzene rings is 1. The van der Waals surface area contributed by atoms with E-state index in [-0.39, 0.29) is 51.6 Å². The molecule has 1 amide bonds. The highest BCUT2D eigenvalue weighted by Crippen LogP contribution is 2.36. The van der Waals surface area contributed by atoms with Crippen molar-refractivity contribution < 1.29 is 49.8 Å². The molecule has 0 saturated carbocycles. The molecule has 16 heteroatoms. The first-order valence-corrected chi connectivity index (χ1v) is 12.2. The van der Waals surface area contributed by atoms with E-state index in [0.717, 1.165) is 0 Å². The Morgan fingerprint density at radius 3 is 2.11 bits per heavy atom. The third-order valence-electron chi connectivity index (χ3n) is 6.16. The van der Waals surface area contributed by atoms with E-state index >= 15 is 0 Å². The number of halogens is 6. The second-order valence-electron chi connectivity index (χ2n) is 8.30. The number of sulfonamides is 1. The van der Waals surface area contributed by atoms with Crippen molar-refractivity contribution in [3.8, 4) is 0 Å². The molecule has 0 bridgehead atoms. The Bertz CT molecular complexity index is 983. The molecular formula is C20H27ClF5N3O6S. The summed E-state index contributed by atoms with van der Waals surface area (Å²) in [5, 5.41) is 9.13. The summed E-state index contributed by atoms with van der Waals surface area (Å²) in [6.45, 7) is -1.33. The monoisotopic (exact) mass is 567 g/mol. The van der Waals surface area contributed by atoms with Gasteiger partial charge in [0.2, 0.25) is 10.0 Å². The number of rotatable bonds is 8. The van der Waals surface area contributed by atoms with Gasteiger partial charge in [0.1, 0.15) is 6.61 Å². The maximum atomic E-state index is 13.3. The van der Waals surface area contributed by atoms with Crippen molar-refractivity contribution >= 4 is 34.0 Å². The Morgan fingerprint density at radius 2 is 1.61 bits per heavy atom. The van der Waals surface area contributed by atoms with Crippen molar-refractivity contribution in [3.05, 3.63) is 29.8 Å². The molecule has 9 nitrogen and oxygen atoms in total. The van der Waals surface area contributed by atoms with Crippen LogP contribution in [0.2, 0.25) is 0 Å². The summed E-state index contributed by atoms with van der Waals surface area (Å²) in [6.07, 6.45) is -5.85. The smallest absolute Gasteiger partial charge is 0.381 e. The zero-order valence-corrected chi connectivity index (χ0v) is 20.6. The van der Waals surface area contributed by atoms with Crippen molar-refractivity contribution in [1.29, 1.82) is 0 Å². The Balaban J connectivity index is 0.00000456. The van der Waals surface area contributed by atoms with Gasteiger partial charge in [-0.05, 0) is 17.7 Å². The predicted octanol–water partition coefficient (Wildman–Crippen LogP) is 2.33. The lowest BCUT2D eigenvalue weighted by molar-refractivity contribution is -0.297. The lowest BCUT2D eigenvalue weighted by atomic mass is 9.98.